The highest BCUT2D eigenvalue weighted by molar-refractivity contribution is 7.80. The fourth-order valence-electron chi connectivity index (χ4n) is 1.41. The molecule has 0 aromatic heterocycles. The van der Waals surface area contributed by atoms with Gasteiger partial charge in [0.1, 0.15) is 0 Å². The molecule has 1 rings (SSSR count). The minimum atomic E-state index is -0.174. The third kappa shape index (κ3) is 4.08. The van der Waals surface area contributed by atoms with Crippen LogP contribution in [0.4, 0.5) is 5.69 Å². The first-order valence-corrected chi connectivity index (χ1v) is 5.04. The third-order valence-corrected chi connectivity index (χ3v) is 1.98. The molecule has 0 radical (unpaired) electrons. The van der Waals surface area contributed by atoms with Crippen molar-refractivity contribution in [2.24, 2.45) is 5.73 Å². The van der Waals surface area contributed by atoms with E-state index in [4.69, 9.17) is 5.73 Å². The highest BCUT2D eigenvalue weighted by atomic mass is 32.1. The number of amides is 1. The summed E-state index contributed by atoms with van der Waals surface area (Å²) in [5, 5.41) is 2.75. The molecule has 1 aromatic carbocycles. The summed E-state index contributed by atoms with van der Waals surface area (Å²) >= 11 is 4.66. The van der Waals surface area contributed by atoms with E-state index in [0.29, 0.717) is 0 Å². The van der Waals surface area contributed by atoms with Crippen molar-refractivity contribution in [1.82, 2.24) is 0 Å². The van der Waals surface area contributed by atoms with E-state index in [1.807, 2.05) is 32.0 Å². The maximum atomic E-state index is 11.4. The minimum Gasteiger partial charge on any atom is -0.393 e. The predicted molar refractivity (Wildman–Crippen MR) is 65.9 cm³/mol. The lowest BCUT2D eigenvalue weighted by molar-refractivity contribution is -0.115. The summed E-state index contributed by atoms with van der Waals surface area (Å²) < 4.78 is 0. The summed E-state index contributed by atoms with van der Waals surface area (Å²) in [6.45, 7) is 3.96. The first-order chi connectivity index (χ1) is 6.97. The molecule has 1 amide bonds. The summed E-state index contributed by atoms with van der Waals surface area (Å²) in [6.07, 6.45) is 0.0856. The van der Waals surface area contributed by atoms with Crippen molar-refractivity contribution in [1.29, 1.82) is 0 Å². The zero-order chi connectivity index (χ0) is 11.4. The molecule has 15 heavy (non-hydrogen) atoms. The van der Waals surface area contributed by atoms with E-state index < -0.39 is 0 Å². The van der Waals surface area contributed by atoms with Crippen LogP contribution in [0.5, 0.6) is 0 Å². The molecule has 0 fully saturated rings. The van der Waals surface area contributed by atoms with E-state index in [-0.39, 0.29) is 17.3 Å². The van der Waals surface area contributed by atoms with Crippen LogP contribution in [0.15, 0.2) is 18.2 Å². The summed E-state index contributed by atoms with van der Waals surface area (Å²) in [6, 6.07) is 5.86. The molecule has 0 atom stereocenters. The van der Waals surface area contributed by atoms with Gasteiger partial charge in [-0.25, -0.2) is 0 Å². The van der Waals surface area contributed by atoms with Crippen LogP contribution < -0.4 is 11.1 Å². The zero-order valence-corrected chi connectivity index (χ0v) is 9.65. The van der Waals surface area contributed by atoms with Gasteiger partial charge in [-0.2, -0.15) is 0 Å². The van der Waals surface area contributed by atoms with Crippen LogP contribution in [0.2, 0.25) is 0 Å². The highest BCUT2D eigenvalue weighted by Gasteiger charge is 2.04. The minimum absolute atomic E-state index is 0.0856. The fraction of sp³-hybridized carbons (Fsp3) is 0.273. The van der Waals surface area contributed by atoms with Gasteiger partial charge in [-0.1, -0.05) is 18.3 Å². The number of aryl methyl sites for hydroxylation is 2. The van der Waals surface area contributed by atoms with E-state index in [2.05, 4.69) is 17.5 Å². The molecule has 4 heteroatoms. The molecule has 0 spiro atoms. The summed E-state index contributed by atoms with van der Waals surface area (Å²) in [4.78, 5) is 11.6. The maximum Gasteiger partial charge on any atom is 0.231 e. The first kappa shape index (κ1) is 11.7. The van der Waals surface area contributed by atoms with Gasteiger partial charge in [0, 0.05) is 5.69 Å². The van der Waals surface area contributed by atoms with Gasteiger partial charge in [-0.15, -0.1) is 0 Å². The number of rotatable bonds is 3. The molecule has 0 aliphatic carbocycles. The molecule has 0 heterocycles. The zero-order valence-electron chi connectivity index (χ0n) is 8.83. The van der Waals surface area contributed by atoms with Gasteiger partial charge >= 0.3 is 0 Å². The average Bonchev–Trinajstić information content (AvgIpc) is 1.98. The van der Waals surface area contributed by atoms with E-state index in [1.54, 1.807) is 0 Å². The Bertz CT molecular complexity index is 381. The molecule has 0 aliphatic rings. The second kappa shape index (κ2) is 4.89. The van der Waals surface area contributed by atoms with Crippen molar-refractivity contribution in [3.8, 4) is 0 Å². The summed E-state index contributed by atoms with van der Waals surface area (Å²) in [7, 11) is 0. The topological polar surface area (TPSA) is 55.1 Å². The van der Waals surface area contributed by atoms with Crippen molar-refractivity contribution in [2.45, 2.75) is 20.3 Å². The largest absolute Gasteiger partial charge is 0.393 e. The van der Waals surface area contributed by atoms with Gasteiger partial charge < -0.3 is 11.1 Å². The molecule has 0 aliphatic heterocycles. The molecule has 1 aromatic rings. The smallest absolute Gasteiger partial charge is 0.231 e. The van der Waals surface area contributed by atoms with E-state index in [0.717, 1.165) is 16.8 Å². The Morgan fingerprint density at radius 3 is 2.33 bits per heavy atom. The monoisotopic (exact) mass is 222 g/mol. The number of carbonyl (C=O) groups is 1. The Labute approximate surface area is 94.7 Å². The summed E-state index contributed by atoms with van der Waals surface area (Å²) in [5.74, 6) is -0.174. The van der Waals surface area contributed by atoms with Crippen molar-refractivity contribution in [3.63, 3.8) is 0 Å². The van der Waals surface area contributed by atoms with Gasteiger partial charge in [0.15, 0.2) is 0 Å². The lowest BCUT2D eigenvalue weighted by atomic mass is 10.1. The number of anilines is 1. The SMILES string of the molecule is Cc1cc(C)cc(NC(=O)CC(N)=S)c1. The molecule has 0 bridgehead atoms. The van der Waals surface area contributed by atoms with Gasteiger partial charge in [0.05, 0.1) is 11.4 Å². The Hall–Kier alpha value is -1.42. The Morgan fingerprint density at radius 2 is 1.87 bits per heavy atom. The number of hydrogen-bond acceptors (Lipinski definition) is 2. The van der Waals surface area contributed by atoms with Crippen molar-refractivity contribution < 1.29 is 4.79 Å². The van der Waals surface area contributed by atoms with Crippen molar-refractivity contribution in [3.05, 3.63) is 29.3 Å². The quantitative estimate of drug-likeness (QED) is 0.768. The van der Waals surface area contributed by atoms with Crippen LogP contribution in [0, 0.1) is 13.8 Å². The number of hydrogen-bond donors (Lipinski definition) is 2. The van der Waals surface area contributed by atoms with Gasteiger partial charge in [-0.3, -0.25) is 4.79 Å². The third-order valence-electron chi connectivity index (χ3n) is 1.84. The van der Waals surface area contributed by atoms with Gasteiger partial charge in [0.25, 0.3) is 0 Å². The standard InChI is InChI=1S/C11H14N2OS/c1-7-3-8(2)5-9(4-7)13-11(14)6-10(12)15/h3-5H,6H2,1-2H3,(H2,12,15)(H,13,14). The Morgan fingerprint density at radius 1 is 1.33 bits per heavy atom. The van der Waals surface area contributed by atoms with Crippen molar-refractivity contribution in [2.75, 3.05) is 5.32 Å². The van der Waals surface area contributed by atoms with E-state index >= 15 is 0 Å². The lowest BCUT2D eigenvalue weighted by Crippen LogP contribution is -2.20. The molecular weight excluding hydrogens is 208 g/mol. The second-order valence-electron chi connectivity index (χ2n) is 3.57. The predicted octanol–water partition coefficient (Wildman–Crippen LogP) is 1.92. The number of benzene rings is 1. The van der Waals surface area contributed by atoms with Gasteiger partial charge in [-0.05, 0) is 37.1 Å². The fourth-order valence-corrected chi connectivity index (χ4v) is 1.54. The number of nitrogens with one attached hydrogen (secondary N) is 1. The molecule has 0 unspecified atom stereocenters. The second-order valence-corrected chi connectivity index (χ2v) is 4.09. The van der Waals surface area contributed by atoms with Crippen LogP contribution in [0.25, 0.3) is 0 Å². The van der Waals surface area contributed by atoms with E-state index in [9.17, 15) is 4.79 Å². The van der Waals surface area contributed by atoms with Crippen LogP contribution in [-0.4, -0.2) is 10.9 Å². The van der Waals surface area contributed by atoms with Crippen LogP contribution in [-0.2, 0) is 4.79 Å². The van der Waals surface area contributed by atoms with Gasteiger partial charge in [0.2, 0.25) is 5.91 Å². The molecule has 0 saturated heterocycles. The Kier molecular flexibility index (Phi) is 3.80. The van der Waals surface area contributed by atoms with E-state index in [1.165, 1.54) is 0 Å². The lowest BCUT2D eigenvalue weighted by Gasteiger charge is -2.06. The molecule has 3 N–H and O–H groups in total. The normalized spacial score (nSPS) is 9.73. The molecule has 0 saturated carbocycles. The number of thiocarbonyl (C=S) groups is 1. The first-order valence-electron chi connectivity index (χ1n) is 4.64. The highest BCUT2D eigenvalue weighted by Crippen LogP contribution is 2.13. The number of carbonyl (C=O) groups excluding carboxylic acids is 1. The van der Waals surface area contributed by atoms with Crippen LogP contribution in [0.1, 0.15) is 17.5 Å². The molecular formula is C11H14N2OS. The maximum absolute atomic E-state index is 11.4. The average molecular weight is 222 g/mol. The molecule has 3 nitrogen and oxygen atoms in total. The van der Waals surface area contributed by atoms with Crippen molar-refractivity contribution >= 4 is 28.8 Å². The Balaban J connectivity index is 2.72. The number of nitrogens with two attached hydrogens (primary N) is 1. The summed E-state index contributed by atoms with van der Waals surface area (Å²) in [5.41, 5.74) is 8.29. The van der Waals surface area contributed by atoms with Crippen LogP contribution >= 0.6 is 12.2 Å². The molecule has 80 valence electrons. The van der Waals surface area contributed by atoms with Crippen LogP contribution in [0.3, 0.4) is 0 Å².